The molecule has 0 aromatic heterocycles. The number of rotatable bonds is 2. The van der Waals surface area contributed by atoms with E-state index >= 15 is 0 Å². The van der Waals surface area contributed by atoms with Crippen molar-refractivity contribution in [2.75, 3.05) is 0 Å². The van der Waals surface area contributed by atoms with E-state index in [1.807, 2.05) is 6.08 Å². The summed E-state index contributed by atoms with van der Waals surface area (Å²) in [5, 5.41) is 0. The number of halogens is 2. The van der Waals surface area contributed by atoms with Gasteiger partial charge in [0.2, 0.25) is 6.43 Å². The van der Waals surface area contributed by atoms with Crippen molar-refractivity contribution in [2.24, 2.45) is 0 Å². The van der Waals surface area contributed by atoms with E-state index < -0.39 is 6.43 Å². The molecule has 1 rings (SSSR count). The summed E-state index contributed by atoms with van der Waals surface area (Å²) in [5.41, 5.74) is 2.31. The second-order valence-electron chi connectivity index (χ2n) is 3.59. The van der Waals surface area contributed by atoms with Gasteiger partial charge in [-0.05, 0) is 32.6 Å². The Morgan fingerprint density at radius 2 is 1.92 bits per heavy atom. The highest BCUT2D eigenvalue weighted by atomic mass is 19.3. The van der Waals surface area contributed by atoms with Crippen LogP contribution in [0.2, 0.25) is 0 Å². The molecule has 13 heavy (non-hydrogen) atoms. The molecule has 0 N–H and O–H groups in total. The lowest BCUT2D eigenvalue weighted by Gasteiger charge is -2.09. The average Bonchev–Trinajstić information content (AvgIpc) is 1.99. The zero-order valence-corrected chi connectivity index (χ0v) is 8.02. The summed E-state index contributed by atoms with van der Waals surface area (Å²) in [5.74, 6) is 0. The molecule has 0 saturated carbocycles. The Kier molecular flexibility index (Phi) is 4.13. The second kappa shape index (κ2) is 5.15. The molecule has 0 saturated heterocycles. The second-order valence-corrected chi connectivity index (χ2v) is 3.59. The molecule has 0 radical (unpaired) electrons. The summed E-state index contributed by atoms with van der Waals surface area (Å²) in [6, 6.07) is 0. The van der Waals surface area contributed by atoms with Crippen molar-refractivity contribution in [2.45, 2.75) is 45.5 Å². The van der Waals surface area contributed by atoms with Crippen LogP contribution in [0.3, 0.4) is 0 Å². The van der Waals surface area contributed by atoms with Gasteiger partial charge in [-0.15, -0.1) is 0 Å². The molecule has 0 fully saturated rings. The highest BCUT2D eigenvalue weighted by Gasteiger charge is 2.07. The lowest BCUT2D eigenvalue weighted by atomic mass is 9.99. The first-order chi connectivity index (χ1) is 6.18. The van der Waals surface area contributed by atoms with Crippen LogP contribution in [0.25, 0.3) is 0 Å². The lowest BCUT2D eigenvalue weighted by Crippen LogP contribution is -1.96. The first-order valence-corrected chi connectivity index (χ1v) is 4.80. The molecule has 0 spiro atoms. The maximum atomic E-state index is 12.1. The fourth-order valence-corrected chi connectivity index (χ4v) is 1.60. The van der Waals surface area contributed by atoms with Crippen molar-refractivity contribution in [3.05, 3.63) is 23.3 Å². The molecule has 0 unspecified atom stereocenters. The third kappa shape index (κ3) is 4.20. The number of hydrogen-bond donors (Lipinski definition) is 0. The van der Waals surface area contributed by atoms with Gasteiger partial charge in [-0.3, -0.25) is 0 Å². The Balaban J connectivity index is 2.44. The Morgan fingerprint density at radius 3 is 2.62 bits per heavy atom. The van der Waals surface area contributed by atoms with Crippen molar-refractivity contribution in [1.82, 2.24) is 0 Å². The van der Waals surface area contributed by atoms with E-state index in [-0.39, 0.29) is 6.42 Å². The Labute approximate surface area is 78.3 Å². The number of alkyl halides is 2. The van der Waals surface area contributed by atoms with Crippen LogP contribution >= 0.6 is 0 Å². The van der Waals surface area contributed by atoms with E-state index in [0.717, 1.165) is 31.3 Å². The minimum Gasteiger partial charge on any atom is -0.210 e. The van der Waals surface area contributed by atoms with E-state index in [4.69, 9.17) is 0 Å². The van der Waals surface area contributed by atoms with Crippen molar-refractivity contribution in [3.8, 4) is 0 Å². The maximum Gasteiger partial charge on any atom is 0.242 e. The minimum absolute atomic E-state index is 0.0348. The maximum absolute atomic E-state index is 12.1. The fraction of sp³-hybridized carbons (Fsp3) is 0.636. The summed E-state index contributed by atoms with van der Waals surface area (Å²) in [4.78, 5) is 0. The SMILES string of the molecule is CC1=CCCC(CC(F)F)=CCC1. The van der Waals surface area contributed by atoms with Crippen LogP contribution in [0.4, 0.5) is 8.78 Å². The Hall–Kier alpha value is -0.660. The molecule has 0 aromatic rings. The molecule has 0 atom stereocenters. The lowest BCUT2D eigenvalue weighted by molar-refractivity contribution is 0.147. The molecule has 1 aliphatic rings. The zero-order valence-electron chi connectivity index (χ0n) is 8.02. The first-order valence-electron chi connectivity index (χ1n) is 4.80. The topological polar surface area (TPSA) is 0 Å². The molecule has 0 heterocycles. The van der Waals surface area contributed by atoms with Crippen molar-refractivity contribution >= 4 is 0 Å². The van der Waals surface area contributed by atoms with E-state index in [0.29, 0.717) is 0 Å². The molecule has 0 nitrogen and oxygen atoms in total. The molecule has 1 aliphatic carbocycles. The average molecular weight is 186 g/mol. The van der Waals surface area contributed by atoms with Crippen LogP contribution in [0, 0.1) is 0 Å². The normalized spacial score (nSPS) is 19.1. The third-order valence-corrected chi connectivity index (χ3v) is 2.35. The quantitative estimate of drug-likeness (QED) is 0.570. The van der Waals surface area contributed by atoms with Gasteiger partial charge in [-0.25, -0.2) is 8.78 Å². The highest BCUT2D eigenvalue weighted by Crippen LogP contribution is 2.21. The van der Waals surface area contributed by atoms with Crippen LogP contribution in [-0.4, -0.2) is 6.43 Å². The van der Waals surface area contributed by atoms with E-state index in [9.17, 15) is 8.78 Å². The summed E-state index contributed by atoms with van der Waals surface area (Å²) in [7, 11) is 0. The Bertz CT molecular complexity index is 214. The summed E-state index contributed by atoms with van der Waals surface area (Å²) in [6.45, 7) is 2.10. The van der Waals surface area contributed by atoms with Crippen LogP contribution in [0.1, 0.15) is 39.0 Å². The van der Waals surface area contributed by atoms with Crippen LogP contribution in [0.5, 0.6) is 0 Å². The van der Waals surface area contributed by atoms with Gasteiger partial charge in [0.15, 0.2) is 0 Å². The molecule has 0 aromatic carbocycles. The standard InChI is InChI=1S/C11H16F2/c1-9-4-2-6-10(7-3-5-9)8-11(12)13/h4,7,11H,2-3,5-6,8H2,1H3. The minimum atomic E-state index is -2.18. The number of allylic oxidation sites excluding steroid dienone is 4. The predicted molar refractivity (Wildman–Crippen MR) is 50.9 cm³/mol. The van der Waals surface area contributed by atoms with E-state index in [2.05, 4.69) is 13.0 Å². The van der Waals surface area contributed by atoms with Crippen molar-refractivity contribution in [3.63, 3.8) is 0 Å². The molecule has 2 heteroatoms. The zero-order chi connectivity index (χ0) is 9.68. The van der Waals surface area contributed by atoms with Gasteiger partial charge in [0.05, 0.1) is 0 Å². The summed E-state index contributed by atoms with van der Waals surface area (Å²) >= 11 is 0. The van der Waals surface area contributed by atoms with Gasteiger partial charge >= 0.3 is 0 Å². The Morgan fingerprint density at radius 1 is 1.23 bits per heavy atom. The summed E-state index contributed by atoms with van der Waals surface area (Å²) in [6.07, 6.45) is 5.60. The van der Waals surface area contributed by atoms with Gasteiger partial charge in [-0.1, -0.05) is 23.3 Å². The van der Waals surface area contributed by atoms with Gasteiger partial charge in [-0.2, -0.15) is 0 Å². The van der Waals surface area contributed by atoms with E-state index in [1.54, 1.807) is 0 Å². The van der Waals surface area contributed by atoms with E-state index in [1.165, 1.54) is 5.57 Å². The molecule has 0 aliphatic heterocycles. The van der Waals surface area contributed by atoms with Crippen molar-refractivity contribution < 1.29 is 8.78 Å². The first kappa shape index (κ1) is 10.4. The van der Waals surface area contributed by atoms with Gasteiger partial charge in [0.1, 0.15) is 0 Å². The number of hydrogen-bond acceptors (Lipinski definition) is 0. The smallest absolute Gasteiger partial charge is 0.210 e. The fourth-order valence-electron chi connectivity index (χ4n) is 1.60. The van der Waals surface area contributed by atoms with Gasteiger partial charge in [0.25, 0.3) is 0 Å². The van der Waals surface area contributed by atoms with Gasteiger partial charge in [0, 0.05) is 6.42 Å². The molecular formula is C11H16F2. The largest absolute Gasteiger partial charge is 0.242 e. The molecule has 0 amide bonds. The molecule has 0 bridgehead atoms. The molecule has 74 valence electrons. The highest BCUT2D eigenvalue weighted by molar-refractivity contribution is 5.10. The summed E-state index contributed by atoms with van der Waals surface area (Å²) < 4.78 is 24.1. The predicted octanol–water partition coefficient (Wildman–Crippen LogP) is 4.09. The van der Waals surface area contributed by atoms with Crippen LogP contribution in [-0.2, 0) is 0 Å². The van der Waals surface area contributed by atoms with Crippen molar-refractivity contribution in [1.29, 1.82) is 0 Å². The molecular weight excluding hydrogens is 170 g/mol. The monoisotopic (exact) mass is 186 g/mol. The van der Waals surface area contributed by atoms with Gasteiger partial charge < -0.3 is 0 Å². The third-order valence-electron chi connectivity index (χ3n) is 2.35. The van der Waals surface area contributed by atoms with Crippen LogP contribution in [0.15, 0.2) is 23.3 Å². The van der Waals surface area contributed by atoms with Crippen LogP contribution < -0.4 is 0 Å².